The van der Waals surface area contributed by atoms with Gasteiger partial charge in [0.15, 0.2) is 0 Å². The molecule has 0 aliphatic rings. The minimum absolute atomic E-state index is 0.171. The van der Waals surface area contributed by atoms with Crippen molar-refractivity contribution in [2.75, 3.05) is 13.7 Å². The van der Waals surface area contributed by atoms with Crippen LogP contribution in [-0.2, 0) is 19.9 Å². The molecule has 6 nitrogen and oxygen atoms in total. The smallest absolute Gasteiger partial charge is 0.263 e. The second-order valence-corrected chi connectivity index (χ2v) is 2.67. The van der Waals surface area contributed by atoms with Gasteiger partial charge in [-0.2, -0.15) is 8.42 Å². The van der Waals surface area contributed by atoms with Crippen LogP contribution in [0.5, 0.6) is 0 Å². The number of hydrogen-bond donors (Lipinski definition) is 1. The fourth-order valence-electron chi connectivity index (χ4n) is 0.335. The second-order valence-electron chi connectivity index (χ2n) is 1.34. The van der Waals surface area contributed by atoms with E-state index < -0.39 is 10.2 Å². The largest absolute Gasteiger partial charge is 0.323 e. The molecule has 0 radical (unpaired) electrons. The quantitative estimate of drug-likeness (QED) is 0.549. The molecule has 10 heavy (non-hydrogen) atoms. The molecular formula is C3H10N2O4S. The summed E-state index contributed by atoms with van der Waals surface area (Å²) in [5.41, 5.74) is 0. The Labute approximate surface area is 59.6 Å². The Balaban J connectivity index is 4.08. The number of nitrogens with zero attached hydrogens (tertiary/aromatic N) is 1. The lowest BCUT2D eigenvalue weighted by Gasteiger charge is -2.13. The van der Waals surface area contributed by atoms with Crippen LogP contribution in [0.3, 0.4) is 0 Å². The molecule has 0 fully saturated rings. The molecular weight excluding hydrogens is 160 g/mol. The predicted octanol–water partition coefficient (Wildman–Crippen LogP) is -0.995. The highest BCUT2D eigenvalue weighted by molar-refractivity contribution is 7.86. The monoisotopic (exact) mass is 170 g/mol. The highest BCUT2D eigenvalue weighted by atomic mass is 32.2. The van der Waals surface area contributed by atoms with Crippen LogP contribution in [0.15, 0.2) is 0 Å². The first-order valence-corrected chi connectivity index (χ1v) is 4.02. The van der Waals surface area contributed by atoms with E-state index >= 15 is 0 Å². The van der Waals surface area contributed by atoms with E-state index in [1.165, 1.54) is 0 Å². The van der Waals surface area contributed by atoms with E-state index in [0.29, 0.717) is 0 Å². The molecule has 0 unspecified atom stereocenters. The van der Waals surface area contributed by atoms with Gasteiger partial charge in [0.2, 0.25) is 0 Å². The molecule has 0 heterocycles. The Morgan fingerprint density at radius 2 is 2.10 bits per heavy atom. The normalized spacial score (nSPS) is 12.4. The van der Waals surface area contributed by atoms with Crippen molar-refractivity contribution in [2.24, 2.45) is 5.14 Å². The average Bonchev–Trinajstić information content (AvgIpc) is 1.80. The van der Waals surface area contributed by atoms with E-state index in [9.17, 15) is 8.42 Å². The third-order valence-corrected chi connectivity index (χ3v) is 1.26. The van der Waals surface area contributed by atoms with Gasteiger partial charge in [0.1, 0.15) is 0 Å². The van der Waals surface area contributed by atoms with Crippen molar-refractivity contribution in [3.63, 3.8) is 0 Å². The van der Waals surface area contributed by atoms with Gasteiger partial charge in [-0.25, -0.2) is 5.14 Å². The van der Waals surface area contributed by atoms with E-state index in [0.717, 1.165) is 7.11 Å². The fraction of sp³-hybridized carbons (Fsp3) is 1.00. The molecule has 0 amide bonds. The lowest BCUT2D eigenvalue weighted by Crippen LogP contribution is -2.35. The fourth-order valence-corrected chi connectivity index (χ4v) is 0.796. The summed E-state index contributed by atoms with van der Waals surface area (Å²) in [5.74, 6) is 0. The molecule has 7 heteroatoms. The van der Waals surface area contributed by atoms with E-state index in [-0.39, 0.29) is 11.2 Å². The SMILES string of the molecule is CCON(OC)S(N)(=O)=O. The molecule has 0 saturated carbocycles. The van der Waals surface area contributed by atoms with Crippen molar-refractivity contribution in [3.8, 4) is 0 Å². The van der Waals surface area contributed by atoms with Gasteiger partial charge in [0.25, 0.3) is 0 Å². The zero-order valence-corrected chi connectivity index (χ0v) is 6.59. The zero-order chi connectivity index (χ0) is 8.20. The van der Waals surface area contributed by atoms with Gasteiger partial charge in [-0.1, -0.05) is 0 Å². The second kappa shape index (κ2) is 3.84. The summed E-state index contributed by atoms with van der Waals surface area (Å²) < 4.78 is 21.1. The topological polar surface area (TPSA) is 81.9 Å². The van der Waals surface area contributed by atoms with Gasteiger partial charge in [-0.05, 0) is 6.92 Å². The molecule has 0 saturated heterocycles. The molecule has 62 valence electrons. The first kappa shape index (κ1) is 9.79. The van der Waals surface area contributed by atoms with E-state index in [1.807, 2.05) is 0 Å². The number of nitrogens with two attached hydrogens (primary N) is 1. The van der Waals surface area contributed by atoms with Gasteiger partial charge in [0, 0.05) is 0 Å². The molecule has 0 aromatic carbocycles. The minimum Gasteiger partial charge on any atom is -0.263 e. The van der Waals surface area contributed by atoms with Crippen molar-refractivity contribution >= 4 is 10.2 Å². The summed E-state index contributed by atoms with van der Waals surface area (Å²) >= 11 is 0. The summed E-state index contributed by atoms with van der Waals surface area (Å²) in [5, 5.41) is 4.62. The molecule has 0 rings (SSSR count). The van der Waals surface area contributed by atoms with Gasteiger partial charge < -0.3 is 0 Å². The first-order chi connectivity index (χ1) is 4.52. The maximum atomic E-state index is 10.4. The van der Waals surface area contributed by atoms with E-state index in [1.54, 1.807) is 6.92 Å². The Hall–Kier alpha value is -0.210. The molecule has 0 aliphatic carbocycles. The molecule has 0 bridgehead atoms. The molecule has 2 N–H and O–H groups in total. The van der Waals surface area contributed by atoms with Crippen LogP contribution in [-0.4, -0.2) is 26.8 Å². The van der Waals surface area contributed by atoms with Crippen LogP contribution in [0.4, 0.5) is 0 Å². The van der Waals surface area contributed by atoms with Crippen molar-refractivity contribution in [1.29, 1.82) is 0 Å². The highest BCUT2D eigenvalue weighted by Gasteiger charge is 2.16. The van der Waals surface area contributed by atoms with Crippen molar-refractivity contribution < 1.29 is 18.1 Å². The van der Waals surface area contributed by atoms with Gasteiger partial charge >= 0.3 is 10.2 Å². The third-order valence-electron chi connectivity index (χ3n) is 0.591. The molecule has 0 aromatic heterocycles. The average molecular weight is 170 g/mol. The molecule has 0 aromatic rings. The lowest BCUT2D eigenvalue weighted by molar-refractivity contribution is -0.284. The number of hydrogen-bond acceptors (Lipinski definition) is 4. The summed E-state index contributed by atoms with van der Waals surface area (Å²) in [4.78, 5) is 8.71. The third kappa shape index (κ3) is 3.08. The van der Waals surface area contributed by atoms with E-state index in [2.05, 4.69) is 14.8 Å². The summed E-state index contributed by atoms with van der Waals surface area (Å²) in [6.07, 6.45) is 0. The Morgan fingerprint density at radius 1 is 1.60 bits per heavy atom. The van der Waals surface area contributed by atoms with Crippen LogP contribution < -0.4 is 5.14 Å². The van der Waals surface area contributed by atoms with Crippen LogP contribution in [0.25, 0.3) is 0 Å². The number of rotatable bonds is 4. The predicted molar refractivity (Wildman–Crippen MR) is 33.6 cm³/mol. The molecule has 0 atom stereocenters. The summed E-state index contributed by atoms with van der Waals surface area (Å²) in [7, 11) is -2.75. The van der Waals surface area contributed by atoms with Crippen LogP contribution in [0.2, 0.25) is 0 Å². The van der Waals surface area contributed by atoms with Crippen LogP contribution >= 0.6 is 0 Å². The molecule has 0 aliphatic heterocycles. The molecule has 0 spiro atoms. The van der Waals surface area contributed by atoms with Crippen molar-refractivity contribution in [3.05, 3.63) is 0 Å². The highest BCUT2D eigenvalue weighted by Crippen LogP contribution is 1.94. The van der Waals surface area contributed by atoms with Crippen molar-refractivity contribution in [1.82, 2.24) is 4.63 Å². The Bertz CT molecular complexity index is 177. The van der Waals surface area contributed by atoms with E-state index in [4.69, 9.17) is 0 Å². The van der Waals surface area contributed by atoms with Gasteiger partial charge in [0.05, 0.1) is 18.3 Å². The van der Waals surface area contributed by atoms with Gasteiger partial charge in [-0.15, -0.1) is 0 Å². The maximum Gasteiger partial charge on any atom is 0.323 e. The summed E-state index contributed by atoms with van der Waals surface area (Å²) in [6.45, 7) is 1.78. The lowest BCUT2D eigenvalue weighted by atomic mass is 10.9. The van der Waals surface area contributed by atoms with Crippen LogP contribution in [0.1, 0.15) is 6.92 Å². The summed E-state index contributed by atoms with van der Waals surface area (Å²) in [6, 6.07) is 0. The Kier molecular flexibility index (Phi) is 3.76. The van der Waals surface area contributed by atoms with Crippen LogP contribution in [0, 0.1) is 0 Å². The standard InChI is InChI=1S/C3H10N2O4S/c1-3-9-5(8-2)10(4,6)7/h3H2,1-2H3,(H2,4,6,7). The Morgan fingerprint density at radius 3 is 2.20 bits per heavy atom. The first-order valence-electron chi connectivity index (χ1n) is 2.52. The van der Waals surface area contributed by atoms with Crippen molar-refractivity contribution in [2.45, 2.75) is 6.92 Å². The minimum atomic E-state index is -3.89. The zero-order valence-electron chi connectivity index (χ0n) is 5.77. The maximum absolute atomic E-state index is 10.4. The van der Waals surface area contributed by atoms with Gasteiger partial charge in [-0.3, -0.25) is 9.68 Å².